The molecule has 0 bridgehead atoms. The molecule has 0 atom stereocenters. The van der Waals surface area contributed by atoms with Gasteiger partial charge in [-0.3, -0.25) is 0 Å². The van der Waals surface area contributed by atoms with E-state index in [-0.39, 0.29) is 10.6 Å². The minimum Gasteiger partial charge on any atom is -0.497 e. The molecule has 152 valence electrons. The summed E-state index contributed by atoms with van der Waals surface area (Å²) in [7, 11) is 0.394. The van der Waals surface area contributed by atoms with E-state index in [1.165, 1.54) is 39.7 Å². The first kappa shape index (κ1) is 21.4. The van der Waals surface area contributed by atoms with Crippen molar-refractivity contribution in [2.75, 3.05) is 27.9 Å². The lowest BCUT2D eigenvalue weighted by Crippen LogP contribution is -2.19. The smallest absolute Gasteiger partial charge is 0.280 e. The molecule has 0 saturated carbocycles. The molecule has 0 aromatic heterocycles. The van der Waals surface area contributed by atoms with Crippen LogP contribution in [0.25, 0.3) is 0 Å². The van der Waals surface area contributed by atoms with E-state index in [0.29, 0.717) is 29.4 Å². The van der Waals surface area contributed by atoms with Crippen LogP contribution in [0.3, 0.4) is 0 Å². The van der Waals surface area contributed by atoms with Gasteiger partial charge in [0.1, 0.15) is 16.4 Å². The minimum absolute atomic E-state index is 0.0837. The third-order valence-corrected chi connectivity index (χ3v) is 4.96. The zero-order valence-corrected chi connectivity index (χ0v) is 17.1. The van der Waals surface area contributed by atoms with Gasteiger partial charge in [-0.15, -0.1) is 0 Å². The summed E-state index contributed by atoms with van der Waals surface area (Å²) in [6.45, 7) is 2.48. The number of hydrogen-bond acceptors (Lipinski definition) is 7. The van der Waals surface area contributed by atoms with Crippen molar-refractivity contribution in [3.63, 3.8) is 0 Å². The largest absolute Gasteiger partial charge is 0.497 e. The first-order valence-electron chi connectivity index (χ1n) is 8.53. The van der Waals surface area contributed by atoms with Crippen LogP contribution in [-0.2, 0) is 10.0 Å². The van der Waals surface area contributed by atoms with E-state index >= 15 is 0 Å². The number of nitrogens with one attached hydrogen (secondary N) is 1. The van der Waals surface area contributed by atoms with Crippen LogP contribution in [0.4, 0.5) is 0 Å². The highest BCUT2D eigenvalue weighted by atomic mass is 32.2. The van der Waals surface area contributed by atoms with Crippen molar-refractivity contribution >= 4 is 16.2 Å². The van der Waals surface area contributed by atoms with Crippen LogP contribution < -0.4 is 23.8 Å². The normalized spacial score (nSPS) is 11.3. The first-order valence-corrected chi connectivity index (χ1v) is 10.0. The second kappa shape index (κ2) is 9.84. The zero-order valence-electron chi connectivity index (χ0n) is 16.3. The number of ether oxygens (including phenoxy) is 4. The number of sulfonamides is 1. The summed E-state index contributed by atoms with van der Waals surface area (Å²) in [4.78, 5) is 2.10. The van der Waals surface area contributed by atoms with Gasteiger partial charge in [0.25, 0.3) is 10.0 Å². The van der Waals surface area contributed by atoms with E-state index in [0.717, 1.165) is 6.42 Å². The SMILES string of the molecule is CCCOc1c(/C=N/NS(=O)(=O)c2cc(OC)ccc2OC)cccc1OC. The topological polar surface area (TPSA) is 95.5 Å². The fraction of sp³-hybridized carbons (Fsp3) is 0.316. The maximum absolute atomic E-state index is 12.6. The van der Waals surface area contributed by atoms with Crippen molar-refractivity contribution < 1.29 is 27.4 Å². The van der Waals surface area contributed by atoms with Gasteiger partial charge in [0.15, 0.2) is 11.5 Å². The van der Waals surface area contributed by atoms with E-state index in [1.54, 1.807) is 24.3 Å². The molecule has 2 aromatic carbocycles. The molecule has 0 radical (unpaired) electrons. The van der Waals surface area contributed by atoms with E-state index in [2.05, 4.69) is 9.93 Å². The molecule has 2 aromatic rings. The number of hydrazone groups is 1. The number of rotatable bonds is 10. The maximum Gasteiger partial charge on any atom is 0.280 e. The molecule has 0 aliphatic rings. The summed E-state index contributed by atoms with van der Waals surface area (Å²) >= 11 is 0. The molecule has 0 heterocycles. The number of hydrogen-bond donors (Lipinski definition) is 1. The third-order valence-electron chi connectivity index (χ3n) is 3.72. The summed E-state index contributed by atoms with van der Waals surface area (Å²) in [5, 5.41) is 3.87. The quantitative estimate of drug-likeness (QED) is 0.480. The molecule has 0 spiro atoms. The van der Waals surface area contributed by atoms with Gasteiger partial charge in [-0.1, -0.05) is 13.0 Å². The number of methoxy groups -OCH3 is 3. The van der Waals surface area contributed by atoms with Gasteiger partial charge in [0.2, 0.25) is 0 Å². The number of nitrogens with zero attached hydrogens (tertiary/aromatic N) is 1. The van der Waals surface area contributed by atoms with Gasteiger partial charge in [-0.05, 0) is 30.7 Å². The molecule has 1 N–H and O–H groups in total. The van der Waals surface area contributed by atoms with E-state index in [1.807, 2.05) is 6.92 Å². The molecule has 2 rings (SSSR count). The Morgan fingerprint density at radius 3 is 2.43 bits per heavy atom. The molecule has 0 amide bonds. The third kappa shape index (κ3) is 5.07. The van der Waals surface area contributed by atoms with Gasteiger partial charge in [-0.25, -0.2) is 0 Å². The Labute approximate surface area is 165 Å². The highest BCUT2D eigenvalue weighted by Gasteiger charge is 2.20. The molecule has 9 heteroatoms. The Kier molecular flexibility index (Phi) is 7.51. The summed E-state index contributed by atoms with van der Waals surface area (Å²) in [6, 6.07) is 9.74. The summed E-state index contributed by atoms with van der Waals surface area (Å²) < 4.78 is 46.5. The zero-order chi connectivity index (χ0) is 20.6. The number of benzene rings is 2. The Morgan fingerprint density at radius 2 is 1.79 bits per heavy atom. The molecular weight excluding hydrogens is 384 g/mol. The Bertz CT molecular complexity index is 928. The number of para-hydroxylation sites is 1. The van der Waals surface area contributed by atoms with Crippen LogP contribution in [0.15, 0.2) is 46.4 Å². The van der Waals surface area contributed by atoms with Crippen molar-refractivity contribution in [2.45, 2.75) is 18.2 Å². The van der Waals surface area contributed by atoms with E-state index < -0.39 is 10.0 Å². The fourth-order valence-electron chi connectivity index (χ4n) is 2.36. The predicted octanol–water partition coefficient (Wildman–Crippen LogP) is 2.81. The van der Waals surface area contributed by atoms with Gasteiger partial charge >= 0.3 is 0 Å². The van der Waals surface area contributed by atoms with Crippen LogP contribution in [0, 0.1) is 0 Å². The Balaban J connectivity index is 2.29. The lowest BCUT2D eigenvalue weighted by molar-refractivity contribution is 0.294. The molecule has 0 saturated heterocycles. The van der Waals surface area contributed by atoms with Crippen LogP contribution in [-0.4, -0.2) is 42.6 Å². The lowest BCUT2D eigenvalue weighted by atomic mass is 10.2. The van der Waals surface area contributed by atoms with E-state index in [9.17, 15) is 8.42 Å². The summed E-state index contributed by atoms with van der Waals surface area (Å²) in [6.07, 6.45) is 2.18. The van der Waals surface area contributed by atoms with Crippen LogP contribution >= 0.6 is 0 Å². The Morgan fingerprint density at radius 1 is 1.04 bits per heavy atom. The molecule has 0 aliphatic heterocycles. The molecule has 8 nitrogen and oxygen atoms in total. The lowest BCUT2D eigenvalue weighted by Gasteiger charge is -2.13. The van der Waals surface area contributed by atoms with Crippen molar-refractivity contribution in [1.82, 2.24) is 4.83 Å². The second-order valence-electron chi connectivity index (χ2n) is 5.60. The molecular formula is C19H24N2O6S. The van der Waals surface area contributed by atoms with Crippen LogP contribution in [0.1, 0.15) is 18.9 Å². The van der Waals surface area contributed by atoms with Gasteiger partial charge in [-0.2, -0.15) is 18.4 Å². The van der Waals surface area contributed by atoms with Gasteiger partial charge in [0, 0.05) is 11.6 Å². The second-order valence-corrected chi connectivity index (χ2v) is 7.23. The van der Waals surface area contributed by atoms with Crippen LogP contribution in [0.2, 0.25) is 0 Å². The van der Waals surface area contributed by atoms with Crippen molar-refractivity contribution in [1.29, 1.82) is 0 Å². The Hall–Kier alpha value is -2.94. The standard InChI is InChI=1S/C19H24N2O6S/c1-5-11-27-19-14(7-6-8-17(19)26-4)13-20-21-28(22,23)18-12-15(24-2)9-10-16(18)25-3/h6-10,12-13,21H,5,11H2,1-4H3/b20-13+. The van der Waals surface area contributed by atoms with Gasteiger partial charge < -0.3 is 18.9 Å². The highest BCUT2D eigenvalue weighted by Crippen LogP contribution is 2.30. The average molecular weight is 408 g/mol. The van der Waals surface area contributed by atoms with Crippen LogP contribution in [0.5, 0.6) is 23.0 Å². The average Bonchev–Trinajstić information content (AvgIpc) is 2.71. The van der Waals surface area contributed by atoms with Crippen molar-refractivity contribution in [3.8, 4) is 23.0 Å². The maximum atomic E-state index is 12.6. The van der Waals surface area contributed by atoms with Crippen molar-refractivity contribution in [2.24, 2.45) is 5.10 Å². The summed E-state index contributed by atoms with van der Waals surface area (Å²) in [5.74, 6) is 1.59. The van der Waals surface area contributed by atoms with E-state index in [4.69, 9.17) is 18.9 Å². The summed E-state index contributed by atoms with van der Waals surface area (Å²) in [5.41, 5.74) is 0.577. The molecule has 0 unspecified atom stereocenters. The highest BCUT2D eigenvalue weighted by molar-refractivity contribution is 7.89. The first-order chi connectivity index (χ1) is 13.5. The molecule has 28 heavy (non-hydrogen) atoms. The van der Waals surface area contributed by atoms with Gasteiger partial charge in [0.05, 0.1) is 34.2 Å². The monoisotopic (exact) mass is 408 g/mol. The fourth-order valence-corrected chi connectivity index (χ4v) is 3.34. The minimum atomic E-state index is -3.98. The molecule has 0 fully saturated rings. The van der Waals surface area contributed by atoms with Crippen molar-refractivity contribution in [3.05, 3.63) is 42.0 Å². The predicted molar refractivity (Wildman–Crippen MR) is 106 cm³/mol. The molecule has 0 aliphatic carbocycles.